The number of hydrogen-bond acceptors (Lipinski definition) is 1. The van der Waals surface area contributed by atoms with E-state index >= 15 is 0 Å². The van der Waals surface area contributed by atoms with Crippen molar-refractivity contribution in [3.63, 3.8) is 0 Å². The van der Waals surface area contributed by atoms with Gasteiger partial charge in [-0.15, -0.1) is 0 Å². The van der Waals surface area contributed by atoms with Crippen molar-refractivity contribution in [2.24, 2.45) is 5.73 Å². The minimum atomic E-state index is 0.321. The molecule has 0 spiro atoms. The third-order valence-electron chi connectivity index (χ3n) is 1.24. The number of hydrogen-bond donors (Lipinski definition) is 1. The SMILES string of the molecule is C=CC=CCC(N)CC. The first-order chi connectivity index (χ1) is 4.31. The second kappa shape index (κ2) is 5.57. The van der Waals surface area contributed by atoms with Crippen LogP contribution >= 0.6 is 0 Å². The number of allylic oxidation sites excluding steroid dienone is 2. The molecule has 0 amide bonds. The molecule has 2 N–H and O–H groups in total. The zero-order valence-corrected chi connectivity index (χ0v) is 6.01. The van der Waals surface area contributed by atoms with Crippen molar-refractivity contribution < 1.29 is 0 Å². The lowest BCUT2D eigenvalue weighted by atomic mass is 10.1. The smallest absolute Gasteiger partial charge is 0.00708 e. The number of rotatable bonds is 4. The highest BCUT2D eigenvalue weighted by atomic mass is 14.6. The number of nitrogens with two attached hydrogens (primary N) is 1. The molecule has 0 rings (SSSR count). The molecule has 9 heavy (non-hydrogen) atoms. The van der Waals surface area contributed by atoms with Crippen molar-refractivity contribution in [3.05, 3.63) is 24.8 Å². The maximum atomic E-state index is 5.63. The van der Waals surface area contributed by atoms with Crippen LogP contribution in [0.3, 0.4) is 0 Å². The van der Waals surface area contributed by atoms with Gasteiger partial charge in [-0.3, -0.25) is 0 Å². The molecule has 0 saturated carbocycles. The van der Waals surface area contributed by atoms with Gasteiger partial charge in [-0.1, -0.05) is 31.7 Å². The molecule has 1 unspecified atom stereocenters. The van der Waals surface area contributed by atoms with Gasteiger partial charge in [0.05, 0.1) is 0 Å². The molecule has 0 heterocycles. The van der Waals surface area contributed by atoms with Crippen molar-refractivity contribution in [1.29, 1.82) is 0 Å². The minimum Gasteiger partial charge on any atom is -0.327 e. The first kappa shape index (κ1) is 8.44. The molecule has 1 heteroatoms. The van der Waals surface area contributed by atoms with Crippen LogP contribution in [0, 0.1) is 0 Å². The monoisotopic (exact) mass is 125 g/mol. The predicted molar refractivity (Wildman–Crippen MR) is 42.2 cm³/mol. The second-order valence-electron chi connectivity index (χ2n) is 2.07. The van der Waals surface area contributed by atoms with E-state index in [9.17, 15) is 0 Å². The van der Waals surface area contributed by atoms with E-state index in [2.05, 4.69) is 13.5 Å². The van der Waals surface area contributed by atoms with Crippen molar-refractivity contribution in [2.45, 2.75) is 25.8 Å². The van der Waals surface area contributed by atoms with Gasteiger partial charge in [0.2, 0.25) is 0 Å². The Bertz CT molecular complexity index is 94.7. The van der Waals surface area contributed by atoms with Crippen LogP contribution in [0.4, 0.5) is 0 Å². The second-order valence-corrected chi connectivity index (χ2v) is 2.07. The molecule has 0 aromatic heterocycles. The Labute approximate surface area is 57.3 Å². The summed E-state index contributed by atoms with van der Waals surface area (Å²) in [6, 6.07) is 0.321. The fraction of sp³-hybridized carbons (Fsp3) is 0.500. The van der Waals surface area contributed by atoms with E-state index in [1.165, 1.54) is 0 Å². The molecule has 0 aliphatic heterocycles. The van der Waals surface area contributed by atoms with Crippen molar-refractivity contribution in [2.75, 3.05) is 0 Å². The topological polar surface area (TPSA) is 26.0 Å². The Balaban J connectivity index is 3.25. The molecule has 0 aliphatic rings. The largest absolute Gasteiger partial charge is 0.327 e. The summed E-state index contributed by atoms with van der Waals surface area (Å²) in [5, 5.41) is 0. The molecule has 1 atom stereocenters. The summed E-state index contributed by atoms with van der Waals surface area (Å²) >= 11 is 0. The molecular formula is C8H15N. The molecule has 0 aliphatic carbocycles. The van der Waals surface area contributed by atoms with Crippen LogP contribution in [0.1, 0.15) is 19.8 Å². The van der Waals surface area contributed by atoms with Gasteiger partial charge in [-0.2, -0.15) is 0 Å². The van der Waals surface area contributed by atoms with Crippen molar-refractivity contribution in [3.8, 4) is 0 Å². The lowest BCUT2D eigenvalue weighted by Crippen LogP contribution is -2.16. The van der Waals surface area contributed by atoms with Crippen LogP contribution in [0.5, 0.6) is 0 Å². The van der Waals surface area contributed by atoms with E-state index in [4.69, 9.17) is 5.73 Å². The fourth-order valence-corrected chi connectivity index (χ4v) is 0.516. The maximum Gasteiger partial charge on any atom is 0.00708 e. The normalized spacial score (nSPS) is 14.0. The zero-order chi connectivity index (χ0) is 7.11. The molecule has 0 saturated heterocycles. The molecule has 0 fully saturated rings. The molecule has 0 bridgehead atoms. The average Bonchev–Trinajstić information content (AvgIpc) is 1.89. The van der Waals surface area contributed by atoms with Gasteiger partial charge < -0.3 is 5.73 Å². The third-order valence-corrected chi connectivity index (χ3v) is 1.24. The Morgan fingerprint density at radius 3 is 2.78 bits per heavy atom. The maximum absolute atomic E-state index is 5.63. The van der Waals surface area contributed by atoms with E-state index in [1.807, 2.05) is 12.2 Å². The predicted octanol–water partition coefficient (Wildman–Crippen LogP) is 1.86. The van der Waals surface area contributed by atoms with Crippen LogP contribution in [0.25, 0.3) is 0 Å². The summed E-state index contributed by atoms with van der Waals surface area (Å²) in [6.07, 6.45) is 7.74. The van der Waals surface area contributed by atoms with E-state index < -0.39 is 0 Å². The van der Waals surface area contributed by atoms with Crippen molar-refractivity contribution in [1.82, 2.24) is 0 Å². The molecule has 1 nitrogen and oxygen atoms in total. The molecule has 0 aromatic rings. The van der Waals surface area contributed by atoms with Gasteiger partial charge in [0.25, 0.3) is 0 Å². The summed E-state index contributed by atoms with van der Waals surface area (Å²) in [6.45, 7) is 5.65. The quantitative estimate of drug-likeness (QED) is 0.570. The average molecular weight is 125 g/mol. The van der Waals surface area contributed by atoms with E-state index in [1.54, 1.807) is 6.08 Å². The van der Waals surface area contributed by atoms with Crippen LogP contribution in [-0.4, -0.2) is 6.04 Å². The highest BCUT2D eigenvalue weighted by Gasteiger charge is 1.91. The fourth-order valence-electron chi connectivity index (χ4n) is 0.516. The first-order valence-electron chi connectivity index (χ1n) is 3.34. The van der Waals surface area contributed by atoms with E-state index in [0.29, 0.717) is 6.04 Å². The van der Waals surface area contributed by atoms with E-state index in [-0.39, 0.29) is 0 Å². The summed E-state index contributed by atoms with van der Waals surface area (Å²) in [5.74, 6) is 0. The Kier molecular flexibility index (Phi) is 5.23. The summed E-state index contributed by atoms with van der Waals surface area (Å²) in [7, 11) is 0. The van der Waals surface area contributed by atoms with Crippen LogP contribution in [-0.2, 0) is 0 Å². The van der Waals surface area contributed by atoms with Gasteiger partial charge >= 0.3 is 0 Å². The summed E-state index contributed by atoms with van der Waals surface area (Å²) < 4.78 is 0. The summed E-state index contributed by atoms with van der Waals surface area (Å²) in [4.78, 5) is 0. The standard InChI is InChI=1S/C8H15N/c1-3-5-6-7-8(9)4-2/h3,5-6,8H,1,4,7,9H2,2H3. The minimum absolute atomic E-state index is 0.321. The van der Waals surface area contributed by atoms with Gasteiger partial charge in [0.15, 0.2) is 0 Å². The van der Waals surface area contributed by atoms with E-state index in [0.717, 1.165) is 12.8 Å². The third kappa shape index (κ3) is 5.31. The van der Waals surface area contributed by atoms with Gasteiger partial charge in [-0.05, 0) is 12.8 Å². The van der Waals surface area contributed by atoms with Gasteiger partial charge in [-0.25, -0.2) is 0 Å². The Morgan fingerprint density at radius 1 is 1.67 bits per heavy atom. The van der Waals surface area contributed by atoms with Crippen LogP contribution in [0.2, 0.25) is 0 Å². The van der Waals surface area contributed by atoms with Crippen LogP contribution < -0.4 is 5.73 Å². The zero-order valence-electron chi connectivity index (χ0n) is 6.01. The lowest BCUT2D eigenvalue weighted by Gasteiger charge is -2.01. The Morgan fingerprint density at radius 2 is 2.33 bits per heavy atom. The lowest BCUT2D eigenvalue weighted by molar-refractivity contribution is 0.659. The first-order valence-corrected chi connectivity index (χ1v) is 3.34. The highest BCUT2D eigenvalue weighted by molar-refractivity contribution is 4.98. The van der Waals surface area contributed by atoms with Gasteiger partial charge in [0, 0.05) is 6.04 Å². The highest BCUT2D eigenvalue weighted by Crippen LogP contribution is 1.93. The Hall–Kier alpha value is -0.560. The molecule has 0 radical (unpaired) electrons. The van der Waals surface area contributed by atoms with Crippen LogP contribution in [0.15, 0.2) is 24.8 Å². The van der Waals surface area contributed by atoms with Gasteiger partial charge in [0.1, 0.15) is 0 Å². The molecular weight excluding hydrogens is 110 g/mol. The molecule has 0 aromatic carbocycles. The molecule has 52 valence electrons. The van der Waals surface area contributed by atoms with Crippen molar-refractivity contribution >= 4 is 0 Å². The summed E-state index contributed by atoms with van der Waals surface area (Å²) in [5.41, 5.74) is 5.63.